The number of halogens is 2. The molecule has 0 fully saturated rings. The molecule has 0 radical (unpaired) electrons. The average molecular weight is 271 g/mol. The quantitative estimate of drug-likeness (QED) is 0.848. The van der Waals surface area contributed by atoms with Gasteiger partial charge in [-0.15, -0.1) is 0 Å². The van der Waals surface area contributed by atoms with Crippen molar-refractivity contribution in [2.24, 2.45) is 0 Å². The lowest BCUT2D eigenvalue weighted by Crippen LogP contribution is -2.35. The molecule has 0 bridgehead atoms. The summed E-state index contributed by atoms with van der Waals surface area (Å²) in [7, 11) is 1.60. The molecular formula is C12H12Cl2N2O. The van der Waals surface area contributed by atoms with Crippen LogP contribution in [0.1, 0.15) is 12.5 Å². The molecule has 1 aromatic carbocycles. The molecule has 1 aromatic rings. The summed E-state index contributed by atoms with van der Waals surface area (Å²) in [6.45, 7) is 1.67. The molecule has 17 heavy (non-hydrogen) atoms. The Bertz CT molecular complexity index is 468. The largest absolute Gasteiger partial charge is 0.330 e. The van der Waals surface area contributed by atoms with Gasteiger partial charge in [0.15, 0.2) is 0 Å². The van der Waals surface area contributed by atoms with E-state index in [1.165, 1.54) is 4.90 Å². The Kier molecular flexibility index (Phi) is 4.80. The fraction of sp³-hybridized carbons (Fsp3) is 0.333. The Morgan fingerprint density at radius 3 is 2.65 bits per heavy atom. The van der Waals surface area contributed by atoms with Gasteiger partial charge in [0, 0.05) is 7.05 Å². The van der Waals surface area contributed by atoms with E-state index in [2.05, 4.69) is 0 Å². The van der Waals surface area contributed by atoms with Crippen LogP contribution >= 0.6 is 23.2 Å². The maximum atomic E-state index is 11.8. The molecule has 3 nitrogen and oxygen atoms in total. The van der Waals surface area contributed by atoms with Gasteiger partial charge in [-0.2, -0.15) is 5.26 Å². The number of nitrogens with zero attached hydrogens (tertiary/aromatic N) is 2. The van der Waals surface area contributed by atoms with Gasteiger partial charge in [-0.25, -0.2) is 0 Å². The first kappa shape index (κ1) is 13.8. The number of carbonyl (C=O) groups excluding carboxylic acids is 1. The van der Waals surface area contributed by atoms with Crippen molar-refractivity contribution in [3.05, 3.63) is 33.8 Å². The van der Waals surface area contributed by atoms with Crippen molar-refractivity contribution in [3.63, 3.8) is 0 Å². The number of rotatable bonds is 3. The van der Waals surface area contributed by atoms with E-state index < -0.39 is 6.04 Å². The number of nitriles is 1. The summed E-state index contributed by atoms with van der Waals surface area (Å²) in [6.07, 6.45) is 0.208. The zero-order valence-corrected chi connectivity index (χ0v) is 11.1. The standard InChI is InChI=1S/C12H12Cl2N2O/c1-8(7-15)16(2)12(17)6-9-3-4-10(13)11(14)5-9/h3-5,8H,6H2,1-2H3. The van der Waals surface area contributed by atoms with Crippen LogP contribution in [0.2, 0.25) is 10.0 Å². The highest BCUT2D eigenvalue weighted by molar-refractivity contribution is 6.42. The highest BCUT2D eigenvalue weighted by atomic mass is 35.5. The van der Waals surface area contributed by atoms with Crippen molar-refractivity contribution < 1.29 is 4.79 Å². The molecule has 1 unspecified atom stereocenters. The normalized spacial score (nSPS) is 11.7. The summed E-state index contributed by atoms with van der Waals surface area (Å²) in [5.41, 5.74) is 0.779. The minimum absolute atomic E-state index is 0.127. The van der Waals surface area contributed by atoms with Crippen LogP contribution in [0.5, 0.6) is 0 Å². The fourth-order valence-electron chi connectivity index (χ4n) is 1.25. The third-order valence-corrected chi connectivity index (χ3v) is 3.24. The van der Waals surface area contributed by atoms with Crippen LogP contribution in [0.25, 0.3) is 0 Å². The van der Waals surface area contributed by atoms with Crippen molar-refractivity contribution in [2.75, 3.05) is 7.05 Å². The summed E-state index contributed by atoms with van der Waals surface area (Å²) in [5.74, 6) is -0.127. The Morgan fingerprint density at radius 2 is 2.12 bits per heavy atom. The van der Waals surface area contributed by atoms with Crippen LogP contribution < -0.4 is 0 Å². The third-order valence-electron chi connectivity index (χ3n) is 2.50. The molecule has 0 aliphatic rings. The maximum Gasteiger partial charge on any atom is 0.227 e. The van der Waals surface area contributed by atoms with E-state index in [-0.39, 0.29) is 12.3 Å². The number of carbonyl (C=O) groups is 1. The topological polar surface area (TPSA) is 44.1 Å². The molecule has 5 heteroatoms. The van der Waals surface area contributed by atoms with Gasteiger partial charge < -0.3 is 4.90 Å². The lowest BCUT2D eigenvalue weighted by molar-refractivity contribution is -0.130. The minimum Gasteiger partial charge on any atom is -0.330 e. The number of benzene rings is 1. The van der Waals surface area contributed by atoms with Gasteiger partial charge in [0.1, 0.15) is 6.04 Å². The molecular weight excluding hydrogens is 259 g/mol. The second kappa shape index (κ2) is 5.90. The first-order chi connectivity index (χ1) is 7.95. The number of amides is 1. The van der Waals surface area contributed by atoms with E-state index in [1.54, 1.807) is 32.2 Å². The van der Waals surface area contributed by atoms with Crippen molar-refractivity contribution in [2.45, 2.75) is 19.4 Å². The highest BCUT2D eigenvalue weighted by Crippen LogP contribution is 2.23. The van der Waals surface area contributed by atoms with Gasteiger partial charge in [0.05, 0.1) is 22.5 Å². The average Bonchev–Trinajstić information content (AvgIpc) is 2.31. The first-order valence-electron chi connectivity index (χ1n) is 5.05. The summed E-state index contributed by atoms with van der Waals surface area (Å²) in [4.78, 5) is 13.2. The highest BCUT2D eigenvalue weighted by Gasteiger charge is 2.15. The maximum absolute atomic E-state index is 11.8. The van der Waals surface area contributed by atoms with Crippen molar-refractivity contribution in [3.8, 4) is 6.07 Å². The molecule has 0 saturated heterocycles. The lowest BCUT2D eigenvalue weighted by Gasteiger charge is -2.19. The Hall–Kier alpha value is -1.24. The van der Waals surface area contributed by atoms with Gasteiger partial charge in [0.25, 0.3) is 0 Å². The van der Waals surface area contributed by atoms with E-state index >= 15 is 0 Å². The van der Waals surface area contributed by atoms with Crippen molar-refractivity contribution in [1.82, 2.24) is 4.90 Å². The Labute approximate surface area is 111 Å². The molecule has 0 aliphatic heterocycles. The zero-order chi connectivity index (χ0) is 13.0. The second-order valence-electron chi connectivity index (χ2n) is 3.73. The van der Waals surface area contributed by atoms with Crippen molar-refractivity contribution in [1.29, 1.82) is 5.26 Å². The molecule has 0 heterocycles. The first-order valence-corrected chi connectivity index (χ1v) is 5.80. The van der Waals surface area contributed by atoms with Crippen LogP contribution in [0, 0.1) is 11.3 Å². The SMILES string of the molecule is CC(C#N)N(C)C(=O)Cc1ccc(Cl)c(Cl)c1. The minimum atomic E-state index is -0.440. The van der Waals surface area contributed by atoms with Crippen LogP contribution in [-0.2, 0) is 11.2 Å². The van der Waals surface area contributed by atoms with Gasteiger partial charge in [-0.1, -0.05) is 29.3 Å². The summed E-state index contributed by atoms with van der Waals surface area (Å²) in [5, 5.41) is 9.60. The molecule has 1 rings (SSSR count). The third kappa shape index (κ3) is 3.62. The zero-order valence-electron chi connectivity index (χ0n) is 9.58. The molecule has 1 atom stereocenters. The molecule has 0 spiro atoms. The van der Waals surface area contributed by atoms with Gasteiger partial charge >= 0.3 is 0 Å². The van der Waals surface area contributed by atoms with Crippen molar-refractivity contribution >= 4 is 29.1 Å². The molecule has 0 aromatic heterocycles. The second-order valence-corrected chi connectivity index (χ2v) is 4.55. The number of hydrogen-bond acceptors (Lipinski definition) is 2. The van der Waals surface area contributed by atoms with Crippen LogP contribution in [0.15, 0.2) is 18.2 Å². The van der Waals surface area contributed by atoms with Gasteiger partial charge in [0.2, 0.25) is 5.91 Å². The van der Waals surface area contributed by atoms with Crippen LogP contribution in [-0.4, -0.2) is 23.9 Å². The summed E-state index contributed by atoms with van der Waals surface area (Å²) < 4.78 is 0. The van der Waals surface area contributed by atoms with Crippen LogP contribution in [0.4, 0.5) is 0 Å². The number of hydrogen-bond donors (Lipinski definition) is 0. The summed E-state index contributed by atoms with van der Waals surface area (Å²) in [6, 6.07) is 6.63. The van der Waals surface area contributed by atoms with E-state index in [1.807, 2.05) is 6.07 Å². The van der Waals surface area contributed by atoms with E-state index in [9.17, 15) is 4.79 Å². The smallest absolute Gasteiger partial charge is 0.227 e. The fourth-order valence-corrected chi connectivity index (χ4v) is 1.57. The van der Waals surface area contributed by atoms with E-state index in [4.69, 9.17) is 28.5 Å². The predicted molar refractivity (Wildman–Crippen MR) is 68.0 cm³/mol. The van der Waals surface area contributed by atoms with Gasteiger partial charge in [-0.05, 0) is 24.6 Å². The molecule has 90 valence electrons. The molecule has 0 aliphatic carbocycles. The van der Waals surface area contributed by atoms with Gasteiger partial charge in [-0.3, -0.25) is 4.79 Å². The monoisotopic (exact) mass is 270 g/mol. The van der Waals surface area contributed by atoms with E-state index in [0.29, 0.717) is 10.0 Å². The molecule has 1 amide bonds. The predicted octanol–water partition coefficient (Wildman–Crippen LogP) is 2.91. The van der Waals surface area contributed by atoms with E-state index in [0.717, 1.165) is 5.56 Å². The molecule has 0 saturated carbocycles. The van der Waals surface area contributed by atoms with Crippen LogP contribution in [0.3, 0.4) is 0 Å². The Morgan fingerprint density at radius 1 is 1.47 bits per heavy atom. The molecule has 0 N–H and O–H groups in total. The lowest BCUT2D eigenvalue weighted by atomic mass is 10.1. The Balaban J connectivity index is 2.75. The number of likely N-dealkylation sites (N-methyl/N-ethyl adjacent to an activating group) is 1. The summed E-state index contributed by atoms with van der Waals surface area (Å²) >= 11 is 11.6.